The fraction of sp³-hybridized carbons (Fsp3) is 0.769. The van der Waals surface area contributed by atoms with Gasteiger partial charge in [0.2, 0.25) is 0 Å². The van der Waals surface area contributed by atoms with Gasteiger partial charge in [-0.25, -0.2) is 4.79 Å². The Balaban J connectivity index is 0.000000104. The zero-order valence-corrected chi connectivity index (χ0v) is 9.92. The van der Waals surface area contributed by atoms with E-state index in [0.29, 0.717) is 0 Å². The molecular weight excluding hydrogens is 220 g/mol. The van der Waals surface area contributed by atoms with E-state index < -0.39 is 5.97 Å². The Morgan fingerprint density at radius 2 is 1.71 bits per heavy atom. The SMILES string of the molecule is C=CC(=O)OOC.CC12C3C4C1C1C2C3C41O. The number of aliphatic hydroxyl groups is 1. The van der Waals surface area contributed by atoms with E-state index in [1.54, 1.807) is 0 Å². The minimum absolute atomic E-state index is 0.0578. The van der Waals surface area contributed by atoms with E-state index in [1.807, 2.05) is 0 Å². The van der Waals surface area contributed by atoms with E-state index in [4.69, 9.17) is 0 Å². The Kier molecular flexibility index (Phi) is 1.45. The quantitative estimate of drug-likeness (QED) is 0.437. The largest absolute Gasteiger partial charge is 0.389 e. The average Bonchev–Trinajstić information content (AvgIpc) is 2.36. The van der Waals surface area contributed by atoms with Crippen molar-refractivity contribution in [2.75, 3.05) is 7.11 Å². The van der Waals surface area contributed by atoms with E-state index in [-0.39, 0.29) is 5.60 Å². The lowest BCUT2D eigenvalue weighted by Gasteiger charge is -3.09. The van der Waals surface area contributed by atoms with Crippen LogP contribution in [0, 0.1) is 40.9 Å². The van der Waals surface area contributed by atoms with Gasteiger partial charge < -0.3 is 5.11 Å². The molecule has 1 N–H and O–H groups in total. The number of carbonyl (C=O) groups is 1. The Labute approximate surface area is 99.5 Å². The molecule has 6 rings (SSSR count). The summed E-state index contributed by atoms with van der Waals surface area (Å²) in [5.41, 5.74) is 0.724. The van der Waals surface area contributed by atoms with Crippen LogP contribution in [0.5, 0.6) is 0 Å². The molecule has 0 aromatic rings. The van der Waals surface area contributed by atoms with Crippen LogP contribution in [0.1, 0.15) is 6.92 Å². The van der Waals surface area contributed by atoms with Gasteiger partial charge in [0.25, 0.3) is 0 Å². The molecule has 4 nitrogen and oxygen atoms in total. The van der Waals surface area contributed by atoms with Gasteiger partial charge in [0.05, 0.1) is 12.7 Å². The zero-order chi connectivity index (χ0) is 12.2. The van der Waals surface area contributed by atoms with Crippen LogP contribution in [0.15, 0.2) is 12.7 Å². The first-order valence-electron chi connectivity index (χ1n) is 6.14. The summed E-state index contributed by atoms with van der Waals surface area (Å²) in [5.74, 6) is 4.82. The first-order valence-corrected chi connectivity index (χ1v) is 6.14. The Morgan fingerprint density at radius 1 is 1.24 bits per heavy atom. The van der Waals surface area contributed by atoms with Gasteiger partial charge in [-0.1, -0.05) is 13.5 Å². The van der Waals surface area contributed by atoms with E-state index in [2.05, 4.69) is 23.3 Å². The Bertz CT molecular complexity index is 357. The smallest absolute Gasteiger partial charge is 0.365 e. The van der Waals surface area contributed by atoms with Crippen LogP contribution in [0.4, 0.5) is 0 Å². The second-order valence-corrected chi connectivity index (χ2v) is 6.18. The van der Waals surface area contributed by atoms with Crippen LogP contribution in [0.2, 0.25) is 0 Å². The van der Waals surface area contributed by atoms with Crippen molar-refractivity contribution in [3.8, 4) is 0 Å². The molecule has 92 valence electrons. The predicted molar refractivity (Wildman–Crippen MR) is 57.3 cm³/mol. The lowest BCUT2D eigenvalue weighted by atomic mass is 8.95. The summed E-state index contributed by atoms with van der Waals surface area (Å²) in [5, 5.41) is 9.92. The molecule has 0 bridgehead atoms. The molecule has 4 heteroatoms. The summed E-state index contributed by atoms with van der Waals surface area (Å²) in [7, 11) is 1.25. The lowest BCUT2D eigenvalue weighted by Crippen LogP contribution is -3.12. The third-order valence-electron chi connectivity index (χ3n) is 6.41. The fourth-order valence-corrected chi connectivity index (χ4v) is 6.13. The molecule has 6 saturated carbocycles. The van der Waals surface area contributed by atoms with Crippen molar-refractivity contribution < 1.29 is 19.7 Å². The minimum atomic E-state index is -0.581. The molecular formula is C13H16O4. The summed E-state index contributed by atoms with van der Waals surface area (Å²) in [6.07, 6.45) is 1.02. The van der Waals surface area contributed by atoms with Crippen molar-refractivity contribution in [1.82, 2.24) is 0 Å². The molecule has 0 heterocycles. The van der Waals surface area contributed by atoms with E-state index in [1.165, 1.54) is 7.11 Å². The first-order chi connectivity index (χ1) is 8.04. The van der Waals surface area contributed by atoms with Crippen LogP contribution in [-0.2, 0) is 14.6 Å². The number of hydrogen-bond donors (Lipinski definition) is 1. The van der Waals surface area contributed by atoms with Crippen molar-refractivity contribution in [1.29, 1.82) is 0 Å². The van der Waals surface area contributed by atoms with Crippen LogP contribution in [0.3, 0.4) is 0 Å². The predicted octanol–water partition coefficient (Wildman–Crippen LogP) is 0.766. The first kappa shape index (κ1) is 10.1. The summed E-state index contributed by atoms with van der Waals surface area (Å²) in [6.45, 7) is 5.58. The third-order valence-corrected chi connectivity index (χ3v) is 6.41. The normalized spacial score (nSPS) is 64.2. The van der Waals surface area contributed by atoms with E-state index >= 15 is 0 Å². The molecule has 0 unspecified atom stereocenters. The fourth-order valence-electron chi connectivity index (χ4n) is 6.13. The van der Waals surface area contributed by atoms with Crippen molar-refractivity contribution >= 4 is 5.97 Å². The monoisotopic (exact) mass is 236 g/mol. The standard InChI is InChI=1S/C9H10O.C4H6O3/c1-8-2-5-3(8)7-4(8)6(2)9(5,7)10;1-3-4(5)7-6-2/h2-7,10H,1H3;3H,1H2,2H3. The zero-order valence-electron chi connectivity index (χ0n) is 9.92. The molecule has 6 aliphatic rings. The van der Waals surface area contributed by atoms with Crippen LogP contribution < -0.4 is 0 Å². The second kappa shape index (κ2) is 2.45. The summed E-state index contributed by atoms with van der Waals surface area (Å²) in [4.78, 5) is 17.9. The van der Waals surface area contributed by atoms with Crippen molar-refractivity contribution in [2.45, 2.75) is 12.5 Å². The Hall–Kier alpha value is -0.870. The molecule has 0 spiro atoms. The number of carbonyl (C=O) groups excluding carboxylic acids is 1. The highest BCUT2D eigenvalue weighted by molar-refractivity contribution is 5.80. The topological polar surface area (TPSA) is 55.8 Å². The highest BCUT2D eigenvalue weighted by atomic mass is 17.2. The molecule has 0 aromatic heterocycles. The van der Waals surface area contributed by atoms with Gasteiger partial charge in [-0.3, -0.25) is 4.89 Å². The molecule has 0 atom stereocenters. The second-order valence-electron chi connectivity index (χ2n) is 6.18. The maximum absolute atomic E-state index is 9.95. The maximum Gasteiger partial charge on any atom is 0.365 e. The molecule has 6 fully saturated rings. The lowest BCUT2D eigenvalue weighted by molar-refractivity contribution is -0.657. The summed E-state index contributed by atoms with van der Waals surface area (Å²) >= 11 is 0. The molecule has 17 heavy (non-hydrogen) atoms. The van der Waals surface area contributed by atoms with Gasteiger partial charge in [-0.05, 0) is 40.9 Å². The van der Waals surface area contributed by atoms with Gasteiger partial charge in [0.15, 0.2) is 0 Å². The number of rotatable bonds is 2. The number of hydrogen-bond acceptors (Lipinski definition) is 4. The van der Waals surface area contributed by atoms with Crippen LogP contribution >= 0.6 is 0 Å². The third kappa shape index (κ3) is 0.634. The van der Waals surface area contributed by atoms with Gasteiger partial charge in [0, 0.05) is 6.08 Å². The van der Waals surface area contributed by atoms with Gasteiger partial charge in [-0.2, -0.15) is 4.89 Å². The Morgan fingerprint density at radius 3 is 1.94 bits per heavy atom. The molecule has 6 aliphatic carbocycles. The highest BCUT2D eigenvalue weighted by Gasteiger charge is 3.08. The molecule has 0 aromatic carbocycles. The molecule has 0 radical (unpaired) electrons. The van der Waals surface area contributed by atoms with Gasteiger partial charge in [-0.15, -0.1) is 0 Å². The van der Waals surface area contributed by atoms with Crippen molar-refractivity contribution in [2.24, 2.45) is 40.9 Å². The van der Waals surface area contributed by atoms with E-state index in [9.17, 15) is 9.90 Å². The van der Waals surface area contributed by atoms with Gasteiger partial charge >= 0.3 is 5.97 Å². The van der Waals surface area contributed by atoms with E-state index in [0.717, 1.165) is 47.0 Å². The van der Waals surface area contributed by atoms with Crippen LogP contribution in [-0.4, -0.2) is 23.8 Å². The van der Waals surface area contributed by atoms with Gasteiger partial charge in [0.1, 0.15) is 0 Å². The summed E-state index contributed by atoms with van der Waals surface area (Å²) in [6, 6.07) is 0. The molecule has 0 amide bonds. The molecule has 0 saturated heterocycles. The average molecular weight is 236 g/mol. The van der Waals surface area contributed by atoms with Crippen LogP contribution in [0.25, 0.3) is 0 Å². The van der Waals surface area contributed by atoms with Crippen molar-refractivity contribution in [3.63, 3.8) is 0 Å². The minimum Gasteiger partial charge on any atom is -0.389 e. The highest BCUT2D eigenvalue weighted by Crippen LogP contribution is 3.06. The van der Waals surface area contributed by atoms with Crippen molar-refractivity contribution in [3.05, 3.63) is 12.7 Å². The molecule has 0 aliphatic heterocycles. The summed E-state index contributed by atoms with van der Waals surface area (Å²) < 4.78 is 0. The maximum atomic E-state index is 9.95.